The molecule has 1 saturated heterocycles. The quantitative estimate of drug-likeness (QED) is 0.310. The molecule has 0 amide bonds. The van der Waals surface area contributed by atoms with E-state index in [0.29, 0.717) is 11.8 Å². The Balaban J connectivity index is 0.000000586. The largest absolute Gasteiger partial charge is 0.462 e. The fourth-order valence-corrected chi connectivity index (χ4v) is 5.51. The maximum atomic E-state index is 12.1. The molecule has 0 N–H and O–H groups in total. The fourth-order valence-electron chi connectivity index (χ4n) is 5.51. The molecule has 0 aromatic heterocycles. The second-order valence-corrected chi connectivity index (χ2v) is 9.93. The van der Waals surface area contributed by atoms with E-state index >= 15 is 0 Å². The van der Waals surface area contributed by atoms with Crippen molar-refractivity contribution in [3.05, 3.63) is 0 Å². The molecule has 1 aliphatic heterocycles. The van der Waals surface area contributed by atoms with Crippen molar-refractivity contribution in [2.24, 2.45) is 29.1 Å². The summed E-state index contributed by atoms with van der Waals surface area (Å²) >= 11 is 0. The minimum atomic E-state index is -0.0677. The lowest BCUT2D eigenvalue weighted by molar-refractivity contribution is -0.144. The monoisotopic (exact) mass is 590 g/mol. The summed E-state index contributed by atoms with van der Waals surface area (Å²) in [7, 11) is 0. The molecule has 6 unspecified atom stereocenters. The summed E-state index contributed by atoms with van der Waals surface area (Å²) in [4.78, 5) is 12.1. The summed E-state index contributed by atoms with van der Waals surface area (Å²) < 4.78 is 5.69. The Morgan fingerprint density at radius 2 is 1.11 bits per heavy atom. The lowest BCUT2D eigenvalue weighted by Crippen LogP contribution is -2.30. The van der Waals surface area contributed by atoms with E-state index in [2.05, 4.69) is 155 Å². The summed E-state index contributed by atoms with van der Waals surface area (Å²) in [6, 6.07) is 0. The third kappa shape index (κ3) is 13.5. The van der Waals surface area contributed by atoms with Crippen molar-refractivity contribution < 1.29 is 9.53 Å². The standard InChI is InChI=1S/C29H24O2.C10H2.C5H4/c1-4-5-6-7-8-9-10-11-12-13-14-15-16-19-29-20-17-18-26(29)23(2)21-27-25(22-29)24(3)28(30)31-27;1-3-5-7-9-10-8-6-4-2;1-3-5-4-2/h23-27H,17-18,20-22H2,1-3H3;1-2H;1H,2H3. The van der Waals surface area contributed by atoms with Gasteiger partial charge in [-0.15, -0.1) is 19.3 Å². The minimum Gasteiger partial charge on any atom is -0.462 e. The van der Waals surface area contributed by atoms with Crippen LogP contribution in [-0.4, -0.2) is 12.1 Å². The van der Waals surface area contributed by atoms with Crippen LogP contribution in [0.15, 0.2) is 0 Å². The molecule has 2 nitrogen and oxygen atoms in total. The summed E-state index contributed by atoms with van der Waals surface area (Å²) in [5.41, 5.74) is -0.0677. The third-order valence-electron chi connectivity index (χ3n) is 7.28. The summed E-state index contributed by atoms with van der Waals surface area (Å²) in [5, 5.41) is 0. The predicted molar refractivity (Wildman–Crippen MR) is 184 cm³/mol. The maximum Gasteiger partial charge on any atom is 0.309 e. The van der Waals surface area contributed by atoms with E-state index in [9.17, 15) is 4.79 Å². The molecule has 3 aliphatic rings. The Labute approximate surface area is 277 Å². The van der Waals surface area contributed by atoms with Gasteiger partial charge in [-0.1, -0.05) is 38.0 Å². The van der Waals surface area contributed by atoms with Crippen LogP contribution in [0.4, 0.5) is 0 Å². The molecule has 2 aliphatic carbocycles. The molecular weight excluding hydrogens is 560 g/mol. The second-order valence-electron chi connectivity index (χ2n) is 9.93. The van der Waals surface area contributed by atoms with Crippen molar-refractivity contribution in [2.75, 3.05) is 0 Å². The van der Waals surface area contributed by atoms with Crippen LogP contribution in [0.25, 0.3) is 0 Å². The van der Waals surface area contributed by atoms with E-state index in [1.54, 1.807) is 13.8 Å². The predicted octanol–water partition coefficient (Wildman–Crippen LogP) is 4.33. The van der Waals surface area contributed by atoms with Crippen LogP contribution in [0.3, 0.4) is 0 Å². The summed E-state index contributed by atoms with van der Waals surface area (Å²) in [5.74, 6) is 64.9. The van der Waals surface area contributed by atoms with Crippen molar-refractivity contribution in [3.8, 4) is 167 Å². The highest BCUT2D eigenvalue weighted by Crippen LogP contribution is 2.57. The van der Waals surface area contributed by atoms with Crippen molar-refractivity contribution in [1.82, 2.24) is 0 Å². The zero-order chi connectivity index (χ0) is 33.9. The van der Waals surface area contributed by atoms with Crippen LogP contribution in [0.2, 0.25) is 0 Å². The van der Waals surface area contributed by atoms with E-state index in [-0.39, 0.29) is 29.3 Å². The van der Waals surface area contributed by atoms with Gasteiger partial charge in [0.1, 0.15) is 6.10 Å². The molecule has 3 fully saturated rings. The molecular formula is C44H30O2. The van der Waals surface area contributed by atoms with Crippen molar-refractivity contribution in [2.45, 2.75) is 65.9 Å². The molecule has 6 atom stereocenters. The Kier molecular flexibility index (Phi) is 18.5. The van der Waals surface area contributed by atoms with E-state index in [0.717, 1.165) is 19.3 Å². The van der Waals surface area contributed by atoms with Gasteiger partial charge in [-0.2, -0.15) is 0 Å². The number of carbonyl (C=O) groups excluding carboxylic acids is 1. The Morgan fingerprint density at radius 1 is 0.652 bits per heavy atom. The van der Waals surface area contributed by atoms with Gasteiger partial charge in [0.2, 0.25) is 0 Å². The highest BCUT2D eigenvalue weighted by atomic mass is 16.6. The number of esters is 1. The third-order valence-corrected chi connectivity index (χ3v) is 7.28. The van der Waals surface area contributed by atoms with Crippen LogP contribution in [-0.2, 0) is 9.53 Å². The minimum absolute atomic E-state index is 0.0422. The number of rotatable bonds is 0. The van der Waals surface area contributed by atoms with Crippen LogP contribution in [0.1, 0.15) is 59.8 Å². The van der Waals surface area contributed by atoms with Gasteiger partial charge in [0.05, 0.1) is 5.92 Å². The average Bonchev–Trinajstić information content (AvgIpc) is 3.55. The number of hydrogen-bond donors (Lipinski definition) is 0. The zero-order valence-electron chi connectivity index (χ0n) is 26.5. The summed E-state index contributed by atoms with van der Waals surface area (Å²) in [6.45, 7) is 7.71. The van der Waals surface area contributed by atoms with Crippen LogP contribution in [0.5, 0.6) is 0 Å². The molecule has 46 heavy (non-hydrogen) atoms. The average molecular weight is 591 g/mol. The molecule has 2 heteroatoms. The first-order valence-corrected chi connectivity index (χ1v) is 14.3. The normalized spacial score (nSPS) is 22.2. The molecule has 0 bridgehead atoms. The van der Waals surface area contributed by atoms with E-state index in [1.807, 2.05) is 6.92 Å². The fraction of sp³-hybridized carbons (Fsp3) is 0.341. The Bertz CT molecular complexity index is 1960. The first-order chi connectivity index (χ1) is 22.4. The van der Waals surface area contributed by atoms with Crippen LogP contribution >= 0.6 is 0 Å². The molecule has 218 valence electrons. The van der Waals surface area contributed by atoms with Crippen molar-refractivity contribution in [1.29, 1.82) is 0 Å². The van der Waals surface area contributed by atoms with Crippen molar-refractivity contribution >= 4 is 5.97 Å². The van der Waals surface area contributed by atoms with Crippen LogP contribution in [0, 0.1) is 196 Å². The lowest BCUT2D eigenvalue weighted by Gasteiger charge is -2.33. The van der Waals surface area contributed by atoms with Gasteiger partial charge in [-0.25, -0.2) is 0 Å². The molecule has 3 rings (SSSR count). The Morgan fingerprint density at radius 3 is 1.57 bits per heavy atom. The molecule has 0 radical (unpaired) electrons. The molecule has 2 saturated carbocycles. The van der Waals surface area contributed by atoms with Gasteiger partial charge >= 0.3 is 5.97 Å². The van der Waals surface area contributed by atoms with E-state index in [4.69, 9.17) is 24.0 Å². The highest BCUT2D eigenvalue weighted by Gasteiger charge is 2.54. The number of hydrogen-bond acceptors (Lipinski definition) is 2. The van der Waals surface area contributed by atoms with Crippen molar-refractivity contribution in [3.63, 3.8) is 0 Å². The van der Waals surface area contributed by atoms with E-state index in [1.165, 1.54) is 12.8 Å². The topological polar surface area (TPSA) is 26.3 Å². The first kappa shape index (κ1) is 37.3. The van der Waals surface area contributed by atoms with E-state index < -0.39 is 0 Å². The molecule has 1 heterocycles. The number of fused-ring (bicyclic) bond motifs is 2. The number of ether oxygens (including phenoxy) is 1. The lowest BCUT2D eigenvalue weighted by atomic mass is 9.69. The first-order valence-electron chi connectivity index (χ1n) is 14.3. The van der Waals surface area contributed by atoms with Crippen LogP contribution < -0.4 is 0 Å². The van der Waals surface area contributed by atoms with Gasteiger partial charge in [0.15, 0.2) is 0 Å². The SMILES string of the molecule is C#CC#CC.C#CC#CC#CC#CC#C.CC#CC#CC#CC#CC#CC#CC#CC12CCCC1C(C)CC1OC(=O)C(C)C1C2. The van der Waals surface area contributed by atoms with Gasteiger partial charge in [0.25, 0.3) is 0 Å². The smallest absolute Gasteiger partial charge is 0.309 e. The molecule has 0 aromatic rings. The second kappa shape index (κ2) is 22.9. The van der Waals surface area contributed by atoms with Gasteiger partial charge in [-0.3, -0.25) is 4.79 Å². The molecule has 0 aromatic carbocycles. The van der Waals surface area contributed by atoms with Gasteiger partial charge < -0.3 is 4.74 Å². The van der Waals surface area contributed by atoms with Gasteiger partial charge in [-0.05, 0) is 182 Å². The maximum absolute atomic E-state index is 12.1. The summed E-state index contributed by atoms with van der Waals surface area (Å²) in [6.07, 6.45) is 19.7. The number of carbonyl (C=O) groups is 1. The zero-order valence-corrected chi connectivity index (χ0v) is 26.5. The van der Waals surface area contributed by atoms with Gasteiger partial charge in [0, 0.05) is 11.3 Å². The highest BCUT2D eigenvalue weighted by molar-refractivity contribution is 5.75. The number of terminal acetylenes is 3. The molecule has 0 spiro atoms. The Hall–Kier alpha value is -6.69.